The van der Waals surface area contributed by atoms with Gasteiger partial charge in [-0.2, -0.15) is 4.31 Å². The van der Waals surface area contributed by atoms with E-state index in [9.17, 15) is 13.2 Å². The Kier molecular flexibility index (Phi) is 6.44. The van der Waals surface area contributed by atoms with Gasteiger partial charge in [0, 0.05) is 24.3 Å². The molecule has 1 N–H and O–H groups in total. The summed E-state index contributed by atoms with van der Waals surface area (Å²) in [5.41, 5.74) is 3.85. The van der Waals surface area contributed by atoms with Crippen molar-refractivity contribution in [3.63, 3.8) is 0 Å². The van der Waals surface area contributed by atoms with Crippen LogP contribution in [0, 0.1) is 13.8 Å². The molecule has 1 amide bonds. The van der Waals surface area contributed by atoms with Crippen LogP contribution in [0.3, 0.4) is 0 Å². The Morgan fingerprint density at radius 1 is 1.00 bits per heavy atom. The smallest absolute Gasteiger partial charge is 0.255 e. The third kappa shape index (κ3) is 4.54. The summed E-state index contributed by atoms with van der Waals surface area (Å²) < 4.78 is 27.8. The van der Waals surface area contributed by atoms with Gasteiger partial charge in [-0.3, -0.25) is 4.79 Å². The molecule has 6 heteroatoms. The van der Waals surface area contributed by atoms with Gasteiger partial charge in [0.15, 0.2) is 0 Å². The minimum absolute atomic E-state index is 0.223. The highest BCUT2D eigenvalue weighted by atomic mass is 32.2. The van der Waals surface area contributed by atoms with E-state index in [1.165, 1.54) is 6.07 Å². The number of piperidine rings is 1. The number of hydrogen-bond donors (Lipinski definition) is 1. The topological polar surface area (TPSA) is 66.5 Å². The van der Waals surface area contributed by atoms with Crippen LogP contribution in [-0.4, -0.2) is 31.7 Å². The van der Waals surface area contributed by atoms with Gasteiger partial charge in [0.2, 0.25) is 10.0 Å². The number of nitrogens with one attached hydrogen (secondary N) is 1. The number of nitrogens with zero attached hydrogens (tertiary/aromatic N) is 1. The molecule has 1 saturated heterocycles. The van der Waals surface area contributed by atoms with Crippen molar-refractivity contribution in [2.45, 2.75) is 57.8 Å². The SMILES string of the molecule is Cc1ccc(C(=O)Nc2c(C)cccc2C(C)C)cc1S(=O)(=O)N1CCCCC1. The second-order valence-corrected chi connectivity index (χ2v) is 10.00. The number of benzene rings is 2. The van der Waals surface area contributed by atoms with Crippen LogP contribution in [0.4, 0.5) is 5.69 Å². The lowest BCUT2D eigenvalue weighted by Crippen LogP contribution is -2.36. The Balaban J connectivity index is 1.93. The van der Waals surface area contributed by atoms with Crippen LogP contribution in [0.1, 0.15) is 66.1 Å². The standard InChI is InChI=1S/C23H30N2O3S/c1-16(2)20-10-8-9-18(4)22(20)24-23(26)19-12-11-17(3)21(15-19)29(27,28)25-13-6-5-7-14-25/h8-12,15-16H,5-7,13-14H2,1-4H3,(H,24,26). The number of para-hydroxylation sites is 1. The molecule has 0 unspecified atom stereocenters. The Morgan fingerprint density at radius 3 is 2.34 bits per heavy atom. The number of carbonyl (C=O) groups is 1. The summed E-state index contributed by atoms with van der Waals surface area (Å²) in [5.74, 6) is -0.0328. The molecule has 0 atom stereocenters. The van der Waals surface area contributed by atoms with E-state index in [1.54, 1.807) is 23.4 Å². The number of amides is 1. The number of hydrogen-bond acceptors (Lipinski definition) is 3. The van der Waals surface area contributed by atoms with E-state index >= 15 is 0 Å². The summed E-state index contributed by atoms with van der Waals surface area (Å²) in [6.07, 6.45) is 2.81. The molecule has 0 spiro atoms. The third-order valence-electron chi connectivity index (χ3n) is 5.55. The van der Waals surface area contributed by atoms with E-state index in [1.807, 2.05) is 25.1 Å². The van der Waals surface area contributed by atoms with Crippen molar-refractivity contribution >= 4 is 21.6 Å². The Morgan fingerprint density at radius 2 is 1.69 bits per heavy atom. The lowest BCUT2D eigenvalue weighted by molar-refractivity contribution is 0.102. The highest BCUT2D eigenvalue weighted by molar-refractivity contribution is 7.89. The van der Waals surface area contributed by atoms with Crippen molar-refractivity contribution < 1.29 is 13.2 Å². The molecule has 0 saturated carbocycles. The van der Waals surface area contributed by atoms with Gasteiger partial charge in [-0.05, 0) is 61.4 Å². The molecule has 1 heterocycles. The summed E-state index contributed by atoms with van der Waals surface area (Å²) in [7, 11) is -3.60. The monoisotopic (exact) mass is 414 g/mol. The normalized spacial score (nSPS) is 15.5. The fraction of sp³-hybridized carbons (Fsp3) is 0.435. The van der Waals surface area contributed by atoms with Crippen molar-refractivity contribution in [2.24, 2.45) is 0 Å². The first-order chi connectivity index (χ1) is 13.7. The van der Waals surface area contributed by atoms with Crippen molar-refractivity contribution in [1.29, 1.82) is 0 Å². The molecule has 1 aliphatic rings. The second-order valence-electron chi connectivity index (χ2n) is 8.09. The van der Waals surface area contributed by atoms with E-state index in [-0.39, 0.29) is 16.7 Å². The Labute approximate surface area is 174 Å². The third-order valence-corrected chi connectivity index (χ3v) is 7.59. The molecule has 1 fully saturated rings. The summed E-state index contributed by atoms with van der Waals surface area (Å²) in [5, 5.41) is 3.01. The fourth-order valence-electron chi connectivity index (χ4n) is 3.79. The van der Waals surface area contributed by atoms with Gasteiger partial charge in [0.25, 0.3) is 5.91 Å². The largest absolute Gasteiger partial charge is 0.321 e. The average molecular weight is 415 g/mol. The molecule has 3 rings (SSSR count). The minimum atomic E-state index is -3.60. The molecule has 2 aromatic carbocycles. The van der Waals surface area contributed by atoms with Crippen molar-refractivity contribution in [1.82, 2.24) is 4.31 Å². The Bertz CT molecular complexity index is 1010. The summed E-state index contributed by atoms with van der Waals surface area (Å²) in [6.45, 7) is 8.98. The number of carbonyl (C=O) groups excluding carboxylic acids is 1. The highest BCUT2D eigenvalue weighted by Crippen LogP contribution is 2.29. The lowest BCUT2D eigenvalue weighted by atomic mass is 9.98. The molecule has 0 aliphatic carbocycles. The molecule has 0 radical (unpaired) electrons. The first-order valence-corrected chi connectivity index (χ1v) is 11.7. The van der Waals surface area contributed by atoms with Gasteiger partial charge in [0.1, 0.15) is 0 Å². The number of anilines is 1. The number of aryl methyl sites for hydroxylation is 2. The van der Waals surface area contributed by atoms with Crippen LogP contribution in [0.15, 0.2) is 41.3 Å². The van der Waals surface area contributed by atoms with Crippen molar-refractivity contribution in [2.75, 3.05) is 18.4 Å². The van der Waals surface area contributed by atoms with E-state index in [4.69, 9.17) is 0 Å². The van der Waals surface area contributed by atoms with Gasteiger partial charge in [-0.15, -0.1) is 0 Å². The molecule has 0 bridgehead atoms. The first kappa shape index (κ1) is 21.5. The van der Waals surface area contributed by atoms with E-state index < -0.39 is 10.0 Å². The predicted octanol–water partition coefficient (Wildman–Crippen LogP) is 4.85. The molecule has 29 heavy (non-hydrogen) atoms. The molecule has 0 aromatic heterocycles. The van der Waals surface area contributed by atoms with Crippen LogP contribution in [-0.2, 0) is 10.0 Å². The van der Waals surface area contributed by atoms with E-state index in [2.05, 4.69) is 19.2 Å². The Hall–Kier alpha value is -2.18. The van der Waals surface area contributed by atoms with Crippen molar-refractivity contribution in [3.8, 4) is 0 Å². The van der Waals surface area contributed by atoms with E-state index in [0.29, 0.717) is 24.2 Å². The van der Waals surface area contributed by atoms with Gasteiger partial charge in [-0.1, -0.05) is 44.5 Å². The molecular weight excluding hydrogens is 384 g/mol. The van der Waals surface area contributed by atoms with Crippen LogP contribution in [0.5, 0.6) is 0 Å². The fourth-order valence-corrected chi connectivity index (χ4v) is 5.56. The van der Waals surface area contributed by atoms with E-state index in [0.717, 1.165) is 36.1 Å². The summed E-state index contributed by atoms with van der Waals surface area (Å²) >= 11 is 0. The van der Waals surface area contributed by atoms with Gasteiger partial charge < -0.3 is 5.32 Å². The van der Waals surface area contributed by atoms with Crippen LogP contribution >= 0.6 is 0 Å². The maximum atomic E-state index is 13.1. The molecule has 2 aromatic rings. The quantitative estimate of drug-likeness (QED) is 0.760. The highest BCUT2D eigenvalue weighted by Gasteiger charge is 2.28. The first-order valence-electron chi connectivity index (χ1n) is 10.2. The molecule has 1 aliphatic heterocycles. The van der Waals surface area contributed by atoms with Gasteiger partial charge in [0.05, 0.1) is 4.90 Å². The average Bonchev–Trinajstić information content (AvgIpc) is 2.70. The van der Waals surface area contributed by atoms with Gasteiger partial charge >= 0.3 is 0 Å². The lowest BCUT2D eigenvalue weighted by Gasteiger charge is -2.26. The molecule has 156 valence electrons. The summed E-state index contributed by atoms with van der Waals surface area (Å²) in [6, 6.07) is 10.9. The van der Waals surface area contributed by atoms with Gasteiger partial charge in [-0.25, -0.2) is 8.42 Å². The maximum Gasteiger partial charge on any atom is 0.255 e. The second kappa shape index (κ2) is 8.67. The van der Waals surface area contributed by atoms with Crippen LogP contribution < -0.4 is 5.32 Å². The maximum absolute atomic E-state index is 13.1. The summed E-state index contributed by atoms with van der Waals surface area (Å²) in [4.78, 5) is 13.2. The molecule has 5 nitrogen and oxygen atoms in total. The number of sulfonamides is 1. The number of rotatable bonds is 5. The minimum Gasteiger partial charge on any atom is -0.321 e. The van der Waals surface area contributed by atoms with Crippen LogP contribution in [0.25, 0.3) is 0 Å². The zero-order valence-corrected chi connectivity index (χ0v) is 18.5. The zero-order chi connectivity index (χ0) is 21.2. The predicted molar refractivity (Wildman–Crippen MR) is 117 cm³/mol. The molecular formula is C23H30N2O3S. The van der Waals surface area contributed by atoms with Crippen molar-refractivity contribution in [3.05, 3.63) is 58.7 Å². The van der Waals surface area contributed by atoms with Crippen LogP contribution in [0.2, 0.25) is 0 Å². The zero-order valence-electron chi connectivity index (χ0n) is 17.7.